The first kappa shape index (κ1) is 21.4. The van der Waals surface area contributed by atoms with Crippen LogP contribution in [0.15, 0.2) is 0 Å². The molecule has 0 aliphatic rings. The average molecular weight is 323 g/mol. The SMILES string of the molecule is CN(CC(=O)O)C(=N)N.O=C(O)CC(C(=O)O)C(O)C(=O)O. The molecule has 12 heteroatoms. The molecule has 2 atom stereocenters. The Balaban J connectivity index is 0. The first-order chi connectivity index (χ1) is 9.89. The van der Waals surface area contributed by atoms with E-state index >= 15 is 0 Å². The maximum Gasteiger partial charge on any atom is 0.333 e. The molecule has 0 spiro atoms. The highest BCUT2D eigenvalue weighted by Gasteiger charge is 2.33. The highest BCUT2D eigenvalue weighted by molar-refractivity contribution is 5.85. The van der Waals surface area contributed by atoms with Gasteiger partial charge in [-0.1, -0.05) is 0 Å². The molecular formula is C10H17N3O9. The third kappa shape index (κ3) is 9.96. The summed E-state index contributed by atoms with van der Waals surface area (Å²) in [5.41, 5.74) is 4.93. The quantitative estimate of drug-likeness (QED) is 0.191. The molecule has 0 saturated heterocycles. The maximum atomic E-state index is 10.3. The van der Waals surface area contributed by atoms with Crippen molar-refractivity contribution in [3.8, 4) is 0 Å². The van der Waals surface area contributed by atoms with Crippen molar-refractivity contribution in [3.63, 3.8) is 0 Å². The molecule has 0 bridgehead atoms. The zero-order valence-electron chi connectivity index (χ0n) is 11.5. The lowest BCUT2D eigenvalue weighted by Gasteiger charge is -2.12. The van der Waals surface area contributed by atoms with Crippen molar-refractivity contribution >= 4 is 29.8 Å². The van der Waals surface area contributed by atoms with Crippen molar-refractivity contribution in [2.45, 2.75) is 12.5 Å². The molecule has 126 valence electrons. The predicted octanol–water partition coefficient (Wildman–Crippen LogP) is -2.50. The summed E-state index contributed by atoms with van der Waals surface area (Å²) in [4.78, 5) is 41.5. The number of likely N-dealkylation sites (N-methyl/N-ethyl adjacent to an activating group) is 1. The molecule has 0 heterocycles. The van der Waals surface area contributed by atoms with E-state index in [0.29, 0.717) is 0 Å². The molecule has 8 N–H and O–H groups in total. The number of aliphatic hydroxyl groups excluding tert-OH is 1. The maximum absolute atomic E-state index is 10.3. The Labute approximate surface area is 123 Å². The molecule has 22 heavy (non-hydrogen) atoms. The number of hydrogen-bond acceptors (Lipinski definition) is 6. The van der Waals surface area contributed by atoms with Gasteiger partial charge in [0.2, 0.25) is 0 Å². The van der Waals surface area contributed by atoms with Crippen molar-refractivity contribution in [2.24, 2.45) is 11.7 Å². The zero-order valence-corrected chi connectivity index (χ0v) is 11.5. The van der Waals surface area contributed by atoms with E-state index in [1.54, 1.807) is 0 Å². The fourth-order valence-corrected chi connectivity index (χ4v) is 0.982. The van der Waals surface area contributed by atoms with E-state index in [4.69, 9.17) is 36.7 Å². The van der Waals surface area contributed by atoms with Crippen LogP contribution >= 0.6 is 0 Å². The van der Waals surface area contributed by atoms with Crippen molar-refractivity contribution in [1.29, 1.82) is 5.41 Å². The van der Waals surface area contributed by atoms with Crippen LogP contribution in [-0.2, 0) is 19.2 Å². The van der Waals surface area contributed by atoms with Crippen molar-refractivity contribution in [2.75, 3.05) is 13.6 Å². The number of nitrogens with one attached hydrogen (secondary N) is 1. The molecular weight excluding hydrogens is 306 g/mol. The van der Waals surface area contributed by atoms with Crippen LogP contribution in [-0.4, -0.2) is 80.0 Å². The van der Waals surface area contributed by atoms with Crippen LogP contribution in [0.25, 0.3) is 0 Å². The first-order valence-electron chi connectivity index (χ1n) is 5.52. The van der Waals surface area contributed by atoms with Crippen LogP contribution in [0.1, 0.15) is 6.42 Å². The van der Waals surface area contributed by atoms with Gasteiger partial charge < -0.3 is 36.2 Å². The monoisotopic (exact) mass is 323 g/mol. The number of hydrogen-bond donors (Lipinski definition) is 7. The van der Waals surface area contributed by atoms with E-state index < -0.39 is 42.3 Å². The Morgan fingerprint density at radius 3 is 1.68 bits per heavy atom. The molecule has 0 aliphatic heterocycles. The number of carboxylic acid groups (broad SMARTS) is 4. The van der Waals surface area contributed by atoms with E-state index in [0.717, 1.165) is 4.90 Å². The highest BCUT2D eigenvalue weighted by Crippen LogP contribution is 2.09. The molecule has 12 nitrogen and oxygen atoms in total. The molecule has 0 aromatic heterocycles. The smallest absolute Gasteiger partial charge is 0.333 e. The van der Waals surface area contributed by atoms with Gasteiger partial charge in [-0.25, -0.2) is 4.79 Å². The fourth-order valence-electron chi connectivity index (χ4n) is 0.982. The summed E-state index contributed by atoms with van der Waals surface area (Å²) in [5.74, 6) is -7.95. The summed E-state index contributed by atoms with van der Waals surface area (Å²) in [5, 5.41) is 48.4. The number of aliphatic carboxylic acids is 4. The lowest BCUT2D eigenvalue weighted by molar-refractivity contribution is -0.162. The third-order valence-electron chi connectivity index (χ3n) is 2.13. The number of carboxylic acids is 4. The minimum absolute atomic E-state index is 0.227. The summed E-state index contributed by atoms with van der Waals surface area (Å²) in [6.45, 7) is -0.227. The van der Waals surface area contributed by atoms with Crippen molar-refractivity contribution < 1.29 is 44.7 Å². The zero-order chi connectivity index (χ0) is 18.0. The van der Waals surface area contributed by atoms with Crippen LogP contribution in [0.4, 0.5) is 0 Å². The van der Waals surface area contributed by atoms with E-state index in [1.807, 2.05) is 0 Å². The lowest BCUT2D eigenvalue weighted by Crippen LogP contribution is -2.36. The lowest BCUT2D eigenvalue weighted by atomic mass is 9.99. The second-order valence-corrected chi connectivity index (χ2v) is 3.96. The summed E-state index contributed by atoms with van der Waals surface area (Å²) < 4.78 is 0. The van der Waals surface area contributed by atoms with Gasteiger partial charge in [0, 0.05) is 7.05 Å². The van der Waals surface area contributed by atoms with E-state index in [1.165, 1.54) is 7.05 Å². The molecule has 0 aliphatic carbocycles. The van der Waals surface area contributed by atoms with Crippen LogP contribution in [0.5, 0.6) is 0 Å². The summed E-state index contributed by atoms with van der Waals surface area (Å²) in [6.07, 6.45) is -3.13. The molecule has 0 radical (unpaired) electrons. The van der Waals surface area contributed by atoms with E-state index in [-0.39, 0.29) is 12.5 Å². The van der Waals surface area contributed by atoms with Gasteiger partial charge >= 0.3 is 23.9 Å². The van der Waals surface area contributed by atoms with Crippen LogP contribution in [0.3, 0.4) is 0 Å². The molecule has 0 amide bonds. The van der Waals surface area contributed by atoms with Gasteiger partial charge in [0.15, 0.2) is 12.1 Å². The topological polar surface area (TPSA) is 223 Å². The molecule has 0 saturated carbocycles. The third-order valence-corrected chi connectivity index (χ3v) is 2.13. The second kappa shape index (κ2) is 9.93. The standard InChI is InChI=1S/C6H8O7.C4H9N3O2/c7-3(8)1-2(5(10)11)4(9)6(12)13;1-7(4(5)6)2-3(8)9/h2,4,9H,1H2,(H,7,8)(H,10,11)(H,12,13);2H2,1H3,(H3,5,6)(H,8,9). The Kier molecular flexibility index (Phi) is 9.66. The number of nitrogens with two attached hydrogens (primary N) is 1. The van der Waals surface area contributed by atoms with Gasteiger partial charge in [-0.3, -0.25) is 19.8 Å². The van der Waals surface area contributed by atoms with E-state index in [9.17, 15) is 19.2 Å². The predicted molar refractivity (Wildman–Crippen MR) is 69.2 cm³/mol. The number of nitrogens with zero attached hydrogens (tertiary/aromatic N) is 1. The Hall–Kier alpha value is -2.89. The highest BCUT2D eigenvalue weighted by atomic mass is 16.4. The van der Waals surface area contributed by atoms with Gasteiger partial charge in [0.1, 0.15) is 12.5 Å². The summed E-state index contributed by atoms with van der Waals surface area (Å²) in [7, 11) is 1.44. The summed E-state index contributed by atoms with van der Waals surface area (Å²) >= 11 is 0. The van der Waals surface area contributed by atoms with Crippen molar-refractivity contribution in [3.05, 3.63) is 0 Å². The van der Waals surface area contributed by atoms with Gasteiger partial charge in [0.05, 0.1) is 6.42 Å². The number of guanidine groups is 1. The molecule has 0 fully saturated rings. The molecule has 2 unspecified atom stereocenters. The molecule has 0 aromatic carbocycles. The van der Waals surface area contributed by atoms with Crippen LogP contribution < -0.4 is 5.73 Å². The normalized spacial score (nSPS) is 12.1. The number of carbonyl (C=O) groups is 4. The Morgan fingerprint density at radius 2 is 1.50 bits per heavy atom. The Morgan fingerprint density at radius 1 is 1.05 bits per heavy atom. The minimum atomic E-state index is -2.20. The summed E-state index contributed by atoms with van der Waals surface area (Å²) in [6, 6.07) is 0. The second-order valence-electron chi connectivity index (χ2n) is 3.96. The minimum Gasteiger partial charge on any atom is -0.481 e. The molecule has 0 rings (SSSR count). The van der Waals surface area contributed by atoms with Gasteiger partial charge in [-0.15, -0.1) is 0 Å². The van der Waals surface area contributed by atoms with Crippen LogP contribution in [0.2, 0.25) is 0 Å². The van der Waals surface area contributed by atoms with Gasteiger partial charge in [0.25, 0.3) is 0 Å². The number of aliphatic hydroxyl groups is 1. The molecule has 0 aromatic rings. The fraction of sp³-hybridized carbons (Fsp3) is 0.500. The average Bonchev–Trinajstić information content (AvgIpc) is 2.34. The Bertz CT molecular complexity index is 451. The van der Waals surface area contributed by atoms with Crippen molar-refractivity contribution in [1.82, 2.24) is 4.90 Å². The largest absolute Gasteiger partial charge is 0.481 e. The number of rotatable bonds is 7. The van der Waals surface area contributed by atoms with Crippen LogP contribution in [0, 0.1) is 11.3 Å². The first-order valence-corrected chi connectivity index (χ1v) is 5.52. The van der Waals surface area contributed by atoms with Gasteiger partial charge in [-0.05, 0) is 0 Å². The van der Waals surface area contributed by atoms with Gasteiger partial charge in [-0.2, -0.15) is 0 Å². The van der Waals surface area contributed by atoms with E-state index in [2.05, 4.69) is 0 Å².